The first-order chi connectivity index (χ1) is 9.85. The van der Waals surface area contributed by atoms with Gasteiger partial charge < -0.3 is 14.4 Å². The molecule has 1 rings (SSSR count). The number of aliphatic hydroxyl groups is 1. The summed E-state index contributed by atoms with van der Waals surface area (Å²) in [4.78, 5) is 2.17. The number of nitrogens with zero attached hydrogens (tertiary/aromatic N) is 1. The SMILES string of the molecule is C=C[C@H](O)[C@@]1(C)CCC(O[Si](C)(C)C(C)(C)C)=C[C@H]1N(C)C. The van der Waals surface area contributed by atoms with E-state index < -0.39 is 14.4 Å². The van der Waals surface area contributed by atoms with Crippen LogP contribution in [-0.2, 0) is 4.43 Å². The molecule has 0 unspecified atom stereocenters. The molecule has 0 aromatic rings. The highest BCUT2D eigenvalue weighted by molar-refractivity contribution is 6.74. The van der Waals surface area contributed by atoms with Gasteiger partial charge in [-0.15, -0.1) is 6.58 Å². The molecule has 0 spiro atoms. The monoisotopic (exact) mass is 325 g/mol. The van der Waals surface area contributed by atoms with Gasteiger partial charge in [0.15, 0.2) is 0 Å². The van der Waals surface area contributed by atoms with Crippen molar-refractivity contribution in [3.63, 3.8) is 0 Å². The lowest BCUT2D eigenvalue weighted by atomic mass is 9.70. The van der Waals surface area contributed by atoms with E-state index in [-0.39, 0.29) is 16.5 Å². The summed E-state index contributed by atoms with van der Waals surface area (Å²) in [6.45, 7) is 17.3. The maximum Gasteiger partial charge on any atom is 0.250 e. The highest BCUT2D eigenvalue weighted by Gasteiger charge is 2.45. The summed E-state index contributed by atoms with van der Waals surface area (Å²) in [5.41, 5.74) is -0.217. The summed E-state index contributed by atoms with van der Waals surface area (Å²) in [6.07, 6.45) is 5.16. The predicted molar refractivity (Wildman–Crippen MR) is 97.4 cm³/mol. The highest BCUT2D eigenvalue weighted by atomic mass is 28.4. The summed E-state index contributed by atoms with van der Waals surface area (Å²) in [7, 11) is 2.31. The molecule has 0 bridgehead atoms. The summed E-state index contributed by atoms with van der Waals surface area (Å²) < 4.78 is 6.50. The Morgan fingerprint density at radius 1 is 1.45 bits per heavy atom. The third-order valence-electron chi connectivity index (χ3n) is 5.58. The van der Waals surface area contributed by atoms with Crippen LogP contribution in [0, 0.1) is 5.41 Å². The molecule has 0 aliphatic heterocycles. The molecule has 0 aromatic carbocycles. The molecule has 1 aliphatic carbocycles. The molecule has 3 nitrogen and oxygen atoms in total. The standard InChI is InChI=1S/C18H35NO2Si/c1-10-16(20)18(5)12-11-14(13-15(18)19(6)7)21-22(8,9)17(2,3)4/h10,13,15-16,20H,1,11-12H2,2-9H3/t15-,16+,18+/m1/s1. The largest absolute Gasteiger partial charge is 0.547 e. The second-order valence-corrected chi connectivity index (χ2v) is 13.3. The lowest BCUT2D eigenvalue weighted by Crippen LogP contribution is -2.51. The molecule has 0 heterocycles. The van der Waals surface area contributed by atoms with Crippen molar-refractivity contribution in [3.8, 4) is 0 Å². The van der Waals surface area contributed by atoms with Gasteiger partial charge in [-0.1, -0.05) is 33.8 Å². The van der Waals surface area contributed by atoms with Gasteiger partial charge in [-0.3, -0.25) is 0 Å². The molecule has 0 fully saturated rings. The topological polar surface area (TPSA) is 32.7 Å². The van der Waals surface area contributed by atoms with Crippen LogP contribution in [0.15, 0.2) is 24.5 Å². The van der Waals surface area contributed by atoms with Gasteiger partial charge in [0.25, 0.3) is 0 Å². The van der Waals surface area contributed by atoms with Crippen molar-refractivity contribution in [2.45, 2.75) is 70.8 Å². The first-order valence-corrected chi connectivity index (χ1v) is 11.1. The zero-order chi connectivity index (χ0) is 17.3. The fourth-order valence-corrected chi connectivity index (χ4v) is 4.02. The van der Waals surface area contributed by atoms with E-state index in [1.54, 1.807) is 6.08 Å². The maximum absolute atomic E-state index is 10.4. The van der Waals surface area contributed by atoms with Gasteiger partial charge in [0.05, 0.1) is 11.9 Å². The van der Waals surface area contributed by atoms with Gasteiger partial charge >= 0.3 is 0 Å². The van der Waals surface area contributed by atoms with Crippen molar-refractivity contribution in [1.29, 1.82) is 0 Å². The molecular weight excluding hydrogens is 290 g/mol. The molecule has 0 saturated carbocycles. The highest BCUT2D eigenvalue weighted by Crippen LogP contribution is 2.44. The van der Waals surface area contributed by atoms with Gasteiger partial charge in [0, 0.05) is 17.9 Å². The fraction of sp³-hybridized carbons (Fsp3) is 0.778. The summed E-state index contributed by atoms with van der Waals surface area (Å²) >= 11 is 0. The van der Waals surface area contributed by atoms with Crippen LogP contribution in [0.3, 0.4) is 0 Å². The number of hydrogen-bond acceptors (Lipinski definition) is 3. The average molecular weight is 326 g/mol. The third kappa shape index (κ3) is 3.84. The third-order valence-corrected chi connectivity index (χ3v) is 9.96. The number of likely N-dealkylation sites (N-methyl/N-ethyl adjacent to an activating group) is 1. The molecule has 0 aromatic heterocycles. The number of hydrogen-bond donors (Lipinski definition) is 1. The Bertz CT molecular complexity index is 437. The van der Waals surface area contributed by atoms with Crippen LogP contribution in [0.5, 0.6) is 0 Å². The Morgan fingerprint density at radius 3 is 2.41 bits per heavy atom. The van der Waals surface area contributed by atoms with Crippen molar-refractivity contribution < 1.29 is 9.53 Å². The molecule has 0 amide bonds. The van der Waals surface area contributed by atoms with E-state index in [0.717, 1.165) is 18.6 Å². The van der Waals surface area contributed by atoms with E-state index in [0.29, 0.717) is 0 Å². The van der Waals surface area contributed by atoms with Crippen molar-refractivity contribution in [2.24, 2.45) is 5.41 Å². The smallest absolute Gasteiger partial charge is 0.250 e. The second-order valence-electron chi connectivity index (χ2n) is 8.59. The second kappa shape index (κ2) is 6.50. The van der Waals surface area contributed by atoms with E-state index in [4.69, 9.17) is 4.43 Å². The van der Waals surface area contributed by atoms with Crippen LogP contribution in [0.1, 0.15) is 40.5 Å². The Balaban J connectivity index is 3.08. The normalized spacial score (nSPS) is 28.3. The summed E-state index contributed by atoms with van der Waals surface area (Å²) in [6, 6.07) is 0.147. The number of rotatable bonds is 5. The summed E-state index contributed by atoms with van der Waals surface area (Å²) in [5, 5.41) is 10.6. The van der Waals surface area contributed by atoms with Crippen molar-refractivity contribution in [1.82, 2.24) is 4.90 Å². The molecule has 0 saturated heterocycles. The molecule has 1 N–H and O–H groups in total. The molecule has 128 valence electrons. The minimum absolute atomic E-state index is 0.147. The van der Waals surface area contributed by atoms with Crippen LogP contribution in [-0.4, -0.2) is 44.6 Å². The quantitative estimate of drug-likeness (QED) is 0.608. The average Bonchev–Trinajstić information content (AvgIpc) is 2.38. The number of allylic oxidation sites excluding steroid dienone is 1. The Hall–Kier alpha value is -0.583. The lowest BCUT2D eigenvalue weighted by Gasteiger charge is -2.47. The minimum Gasteiger partial charge on any atom is -0.547 e. The molecule has 22 heavy (non-hydrogen) atoms. The van der Waals surface area contributed by atoms with E-state index in [9.17, 15) is 5.11 Å². The van der Waals surface area contributed by atoms with Crippen LogP contribution in [0.4, 0.5) is 0 Å². The van der Waals surface area contributed by atoms with Crippen LogP contribution in [0.25, 0.3) is 0 Å². The lowest BCUT2D eigenvalue weighted by molar-refractivity contribution is 0.00861. The summed E-state index contributed by atoms with van der Waals surface area (Å²) in [5.74, 6) is 1.10. The van der Waals surface area contributed by atoms with E-state index in [1.165, 1.54) is 0 Å². The molecule has 3 atom stereocenters. The van der Waals surface area contributed by atoms with Gasteiger partial charge in [0.1, 0.15) is 0 Å². The molecule has 4 heteroatoms. The number of aliphatic hydroxyl groups excluding tert-OH is 1. The zero-order valence-corrected chi connectivity index (χ0v) is 16.7. The molecular formula is C18H35NO2Si. The molecule has 0 radical (unpaired) electrons. The van der Waals surface area contributed by atoms with Crippen LogP contribution < -0.4 is 0 Å². The minimum atomic E-state index is -1.81. The zero-order valence-electron chi connectivity index (χ0n) is 15.7. The maximum atomic E-state index is 10.4. The van der Waals surface area contributed by atoms with E-state index >= 15 is 0 Å². The van der Waals surface area contributed by atoms with Crippen molar-refractivity contribution in [2.75, 3.05) is 14.1 Å². The Morgan fingerprint density at radius 2 is 2.00 bits per heavy atom. The van der Waals surface area contributed by atoms with E-state index in [1.807, 2.05) is 0 Å². The first-order valence-electron chi connectivity index (χ1n) is 8.22. The van der Waals surface area contributed by atoms with Gasteiger partial charge in [0.2, 0.25) is 8.32 Å². The van der Waals surface area contributed by atoms with Crippen molar-refractivity contribution in [3.05, 3.63) is 24.5 Å². The molecule has 1 aliphatic rings. The first kappa shape index (κ1) is 19.5. The van der Waals surface area contributed by atoms with Gasteiger partial charge in [-0.25, -0.2) is 0 Å². The van der Waals surface area contributed by atoms with Crippen LogP contribution in [0.2, 0.25) is 18.1 Å². The van der Waals surface area contributed by atoms with Crippen molar-refractivity contribution >= 4 is 8.32 Å². The Labute approximate surface area is 138 Å². The fourth-order valence-electron chi connectivity index (χ4n) is 2.89. The Kier molecular flexibility index (Phi) is 5.75. The van der Waals surface area contributed by atoms with Gasteiger partial charge in [-0.05, 0) is 44.7 Å². The van der Waals surface area contributed by atoms with Gasteiger partial charge in [-0.2, -0.15) is 0 Å². The van der Waals surface area contributed by atoms with E-state index in [2.05, 4.69) is 72.4 Å². The predicted octanol–water partition coefficient (Wildman–Crippen LogP) is 4.17. The van der Waals surface area contributed by atoms with Crippen LogP contribution >= 0.6 is 0 Å².